The van der Waals surface area contributed by atoms with Crippen LogP contribution < -0.4 is 5.32 Å². The molecular formula is C14H26N2O3. The van der Waals surface area contributed by atoms with Gasteiger partial charge in [0, 0.05) is 19.1 Å². The van der Waals surface area contributed by atoms with Crippen LogP contribution >= 0.6 is 0 Å². The average Bonchev–Trinajstić information content (AvgIpc) is 2.91. The Morgan fingerprint density at radius 3 is 3.11 bits per heavy atom. The van der Waals surface area contributed by atoms with Gasteiger partial charge < -0.3 is 14.8 Å². The van der Waals surface area contributed by atoms with Gasteiger partial charge in [-0.25, -0.2) is 0 Å². The van der Waals surface area contributed by atoms with Crippen molar-refractivity contribution in [1.82, 2.24) is 10.2 Å². The first-order chi connectivity index (χ1) is 9.26. The third-order valence-electron chi connectivity index (χ3n) is 4.14. The first kappa shape index (κ1) is 14.8. The minimum absolute atomic E-state index is 0.158. The Morgan fingerprint density at radius 2 is 2.37 bits per heavy atom. The van der Waals surface area contributed by atoms with Crippen molar-refractivity contribution in [3.8, 4) is 0 Å². The minimum atomic E-state index is -0.218. The Labute approximate surface area is 115 Å². The van der Waals surface area contributed by atoms with E-state index < -0.39 is 0 Å². The zero-order valence-electron chi connectivity index (χ0n) is 12.1. The zero-order valence-corrected chi connectivity index (χ0v) is 12.1. The number of morpholine rings is 1. The number of nitrogens with zero attached hydrogens (tertiary/aromatic N) is 1. The summed E-state index contributed by atoms with van der Waals surface area (Å²) in [5.41, 5.74) is 0. The van der Waals surface area contributed by atoms with Crippen LogP contribution in [0.25, 0.3) is 0 Å². The smallest absolute Gasteiger partial charge is 0.324 e. The number of fused-ring (bicyclic) bond motifs is 1. The van der Waals surface area contributed by atoms with Gasteiger partial charge in [0.05, 0.1) is 19.8 Å². The summed E-state index contributed by atoms with van der Waals surface area (Å²) in [6.45, 7) is 5.38. The molecule has 0 radical (unpaired) electrons. The van der Waals surface area contributed by atoms with Crippen molar-refractivity contribution >= 4 is 5.97 Å². The predicted octanol–water partition coefficient (Wildman–Crippen LogP) is 0.781. The van der Waals surface area contributed by atoms with E-state index in [2.05, 4.69) is 17.1 Å². The molecule has 0 aromatic rings. The van der Waals surface area contributed by atoms with Crippen LogP contribution in [0.5, 0.6) is 0 Å². The highest BCUT2D eigenvalue weighted by atomic mass is 16.5. The van der Waals surface area contributed by atoms with Crippen molar-refractivity contribution in [3.05, 3.63) is 0 Å². The number of carbonyl (C=O) groups excluding carboxylic acids is 1. The Balaban J connectivity index is 1.93. The lowest BCUT2D eigenvalue weighted by molar-refractivity contribution is -0.144. The van der Waals surface area contributed by atoms with E-state index in [1.165, 1.54) is 20.0 Å². The molecule has 5 heteroatoms. The van der Waals surface area contributed by atoms with Crippen LogP contribution in [-0.4, -0.2) is 62.4 Å². The molecule has 2 rings (SSSR count). The molecular weight excluding hydrogens is 244 g/mol. The number of carbonyl (C=O) groups is 1. The molecule has 1 saturated heterocycles. The molecule has 0 bridgehead atoms. The largest absolute Gasteiger partial charge is 0.468 e. The molecule has 19 heavy (non-hydrogen) atoms. The molecule has 1 heterocycles. The summed E-state index contributed by atoms with van der Waals surface area (Å²) >= 11 is 0. The quantitative estimate of drug-likeness (QED) is 0.723. The summed E-state index contributed by atoms with van der Waals surface area (Å²) in [6.07, 6.45) is 4.97. The van der Waals surface area contributed by atoms with E-state index >= 15 is 0 Å². The Bertz CT molecular complexity index is 298. The molecule has 2 fully saturated rings. The van der Waals surface area contributed by atoms with E-state index in [1.54, 1.807) is 0 Å². The normalized spacial score (nSPS) is 28.9. The van der Waals surface area contributed by atoms with Crippen LogP contribution in [0.4, 0.5) is 0 Å². The summed E-state index contributed by atoms with van der Waals surface area (Å²) in [4.78, 5) is 14.2. The molecule has 5 nitrogen and oxygen atoms in total. The third-order valence-corrected chi connectivity index (χ3v) is 4.14. The van der Waals surface area contributed by atoms with Gasteiger partial charge in [-0.3, -0.25) is 9.69 Å². The van der Waals surface area contributed by atoms with Gasteiger partial charge in [0.25, 0.3) is 0 Å². The number of methoxy groups -OCH3 is 1. The highest BCUT2D eigenvalue weighted by Gasteiger charge is 2.37. The van der Waals surface area contributed by atoms with Crippen molar-refractivity contribution in [2.45, 2.75) is 50.8 Å². The standard InChI is InChI=1S/C14H26N2O3/c1-3-7-15-11(14(17)18-2)10-16-8-9-19-13-6-4-5-12(13)16/h11-13,15H,3-10H2,1-2H3. The van der Waals surface area contributed by atoms with Crippen molar-refractivity contribution in [1.29, 1.82) is 0 Å². The second-order valence-electron chi connectivity index (χ2n) is 5.43. The van der Waals surface area contributed by atoms with Crippen LogP contribution in [0, 0.1) is 0 Å². The number of ether oxygens (including phenoxy) is 2. The van der Waals surface area contributed by atoms with Crippen molar-refractivity contribution in [3.63, 3.8) is 0 Å². The Kier molecular flexibility index (Phi) is 5.60. The predicted molar refractivity (Wildman–Crippen MR) is 73.0 cm³/mol. The minimum Gasteiger partial charge on any atom is -0.468 e. The first-order valence-electron chi connectivity index (χ1n) is 7.43. The maximum absolute atomic E-state index is 11.8. The summed E-state index contributed by atoms with van der Waals surface area (Å²) in [6, 6.07) is 0.272. The molecule has 3 unspecified atom stereocenters. The van der Waals surface area contributed by atoms with Crippen LogP contribution in [0.1, 0.15) is 32.6 Å². The van der Waals surface area contributed by atoms with E-state index in [4.69, 9.17) is 9.47 Å². The first-order valence-corrected chi connectivity index (χ1v) is 7.43. The number of nitrogens with one attached hydrogen (secondary N) is 1. The van der Waals surface area contributed by atoms with Gasteiger partial charge >= 0.3 is 5.97 Å². The highest BCUT2D eigenvalue weighted by Crippen LogP contribution is 2.29. The fraction of sp³-hybridized carbons (Fsp3) is 0.929. The maximum Gasteiger partial charge on any atom is 0.324 e. The molecule has 1 aliphatic carbocycles. The van der Waals surface area contributed by atoms with Crippen molar-refractivity contribution < 1.29 is 14.3 Å². The monoisotopic (exact) mass is 270 g/mol. The van der Waals surface area contributed by atoms with E-state index in [0.717, 1.165) is 39.1 Å². The Hall–Kier alpha value is -0.650. The van der Waals surface area contributed by atoms with Crippen LogP contribution in [0.3, 0.4) is 0 Å². The number of esters is 1. The molecule has 1 aliphatic heterocycles. The lowest BCUT2D eigenvalue weighted by atomic mass is 10.1. The van der Waals surface area contributed by atoms with Gasteiger partial charge in [-0.05, 0) is 32.2 Å². The van der Waals surface area contributed by atoms with Crippen LogP contribution in [0.2, 0.25) is 0 Å². The second kappa shape index (κ2) is 7.22. The van der Waals surface area contributed by atoms with Gasteiger partial charge in [-0.1, -0.05) is 6.92 Å². The van der Waals surface area contributed by atoms with Gasteiger partial charge in [-0.15, -0.1) is 0 Å². The maximum atomic E-state index is 11.8. The molecule has 3 atom stereocenters. The number of hydrogen-bond acceptors (Lipinski definition) is 5. The molecule has 1 saturated carbocycles. The van der Waals surface area contributed by atoms with E-state index in [0.29, 0.717) is 12.1 Å². The fourth-order valence-corrected chi connectivity index (χ4v) is 3.15. The summed E-state index contributed by atoms with van der Waals surface area (Å²) in [7, 11) is 1.46. The van der Waals surface area contributed by atoms with Crippen molar-refractivity contribution in [2.24, 2.45) is 0 Å². The average molecular weight is 270 g/mol. The van der Waals surface area contributed by atoms with Gasteiger partial charge in [0.1, 0.15) is 6.04 Å². The van der Waals surface area contributed by atoms with Crippen molar-refractivity contribution in [2.75, 3.05) is 33.4 Å². The second-order valence-corrected chi connectivity index (χ2v) is 5.43. The fourth-order valence-electron chi connectivity index (χ4n) is 3.15. The summed E-state index contributed by atoms with van der Waals surface area (Å²) in [5.74, 6) is -0.158. The summed E-state index contributed by atoms with van der Waals surface area (Å²) < 4.78 is 10.7. The SMILES string of the molecule is CCCNC(CN1CCOC2CCCC21)C(=O)OC. The zero-order chi connectivity index (χ0) is 13.7. The molecule has 0 aromatic carbocycles. The Morgan fingerprint density at radius 1 is 1.53 bits per heavy atom. The molecule has 1 N–H and O–H groups in total. The van der Waals surface area contributed by atoms with Gasteiger partial charge in [0.15, 0.2) is 0 Å². The molecule has 0 spiro atoms. The molecule has 0 amide bonds. The molecule has 110 valence electrons. The lowest BCUT2D eigenvalue weighted by Crippen LogP contribution is -2.55. The molecule has 0 aromatic heterocycles. The molecule has 2 aliphatic rings. The van der Waals surface area contributed by atoms with E-state index in [9.17, 15) is 4.79 Å². The van der Waals surface area contributed by atoms with E-state index in [1.807, 2.05) is 0 Å². The lowest BCUT2D eigenvalue weighted by Gasteiger charge is -2.39. The number of rotatable bonds is 6. The topological polar surface area (TPSA) is 50.8 Å². The van der Waals surface area contributed by atoms with Gasteiger partial charge in [0.2, 0.25) is 0 Å². The van der Waals surface area contributed by atoms with Crippen LogP contribution in [-0.2, 0) is 14.3 Å². The van der Waals surface area contributed by atoms with Gasteiger partial charge in [-0.2, -0.15) is 0 Å². The third kappa shape index (κ3) is 3.68. The highest BCUT2D eigenvalue weighted by molar-refractivity contribution is 5.75. The van der Waals surface area contributed by atoms with Crippen LogP contribution in [0.15, 0.2) is 0 Å². The number of hydrogen-bond donors (Lipinski definition) is 1. The summed E-state index contributed by atoms with van der Waals surface area (Å²) in [5, 5.41) is 3.29. The van der Waals surface area contributed by atoms with E-state index in [-0.39, 0.29) is 12.0 Å².